The molecular formula is C20H22N6O2. The molecule has 8 heteroatoms. The molecule has 144 valence electrons. The van der Waals surface area contributed by atoms with Crippen molar-refractivity contribution in [2.75, 3.05) is 6.61 Å². The Balaban J connectivity index is 1.74. The average Bonchev–Trinajstić information content (AvgIpc) is 3.25. The molecule has 0 saturated heterocycles. The molecule has 1 aromatic carbocycles. The predicted molar refractivity (Wildman–Crippen MR) is 106 cm³/mol. The Hall–Kier alpha value is -3.26. The number of aliphatic hydroxyl groups excluding tert-OH is 1. The highest BCUT2D eigenvalue weighted by Gasteiger charge is 2.15. The molecule has 0 saturated carbocycles. The number of rotatable bonds is 6. The predicted octanol–water partition coefficient (Wildman–Crippen LogP) is 2.97. The van der Waals surface area contributed by atoms with Crippen LogP contribution in [0.25, 0.3) is 33.8 Å². The van der Waals surface area contributed by atoms with Crippen molar-refractivity contribution < 1.29 is 9.84 Å². The van der Waals surface area contributed by atoms with Crippen LogP contribution in [0.15, 0.2) is 36.5 Å². The lowest BCUT2D eigenvalue weighted by Gasteiger charge is -2.09. The Kier molecular flexibility index (Phi) is 4.79. The van der Waals surface area contributed by atoms with Gasteiger partial charge in [0.2, 0.25) is 0 Å². The molecule has 28 heavy (non-hydrogen) atoms. The Morgan fingerprint density at radius 3 is 2.82 bits per heavy atom. The van der Waals surface area contributed by atoms with Gasteiger partial charge in [-0.05, 0) is 51.1 Å². The summed E-state index contributed by atoms with van der Waals surface area (Å²) in [5.41, 5.74) is 3.96. The molecule has 4 rings (SSSR count). The van der Waals surface area contributed by atoms with Crippen LogP contribution in [0.1, 0.15) is 19.5 Å². The number of H-pyrrole nitrogens is 1. The van der Waals surface area contributed by atoms with Crippen LogP contribution in [0.5, 0.6) is 5.75 Å². The summed E-state index contributed by atoms with van der Waals surface area (Å²) < 4.78 is 7.56. The molecule has 3 aromatic heterocycles. The summed E-state index contributed by atoms with van der Waals surface area (Å²) >= 11 is 0. The van der Waals surface area contributed by atoms with Gasteiger partial charge in [-0.1, -0.05) is 0 Å². The number of nitrogens with one attached hydrogen (secondary N) is 1. The molecule has 0 radical (unpaired) electrons. The van der Waals surface area contributed by atoms with Crippen LogP contribution >= 0.6 is 0 Å². The van der Waals surface area contributed by atoms with Gasteiger partial charge in [0.15, 0.2) is 5.82 Å². The molecule has 0 fully saturated rings. The fourth-order valence-corrected chi connectivity index (χ4v) is 3.08. The fraction of sp³-hybridized carbons (Fsp3) is 0.300. The molecule has 0 aliphatic heterocycles. The standard InChI is InChI=1S/C20H22N6O2/c1-12(2)28-14-4-5-16-15(11-14)19(24-23-16)20-21-7-6-17(22-20)18-10-13(3)26(25-18)8-9-27/h4-7,10-12,27H,8-9H2,1-3H3,(H,23,24). The van der Waals surface area contributed by atoms with Crippen molar-refractivity contribution in [1.29, 1.82) is 0 Å². The summed E-state index contributed by atoms with van der Waals surface area (Å²) in [6.45, 7) is 6.42. The molecule has 0 aliphatic carbocycles. The first-order valence-corrected chi connectivity index (χ1v) is 9.19. The third-order valence-electron chi connectivity index (χ3n) is 4.33. The van der Waals surface area contributed by atoms with E-state index in [4.69, 9.17) is 9.84 Å². The lowest BCUT2D eigenvalue weighted by atomic mass is 10.2. The molecule has 3 heterocycles. The van der Waals surface area contributed by atoms with Crippen molar-refractivity contribution in [3.63, 3.8) is 0 Å². The lowest BCUT2D eigenvalue weighted by Crippen LogP contribution is -2.05. The molecule has 8 nitrogen and oxygen atoms in total. The second kappa shape index (κ2) is 7.40. The van der Waals surface area contributed by atoms with Crippen molar-refractivity contribution in [2.24, 2.45) is 0 Å². The maximum absolute atomic E-state index is 9.16. The maximum Gasteiger partial charge on any atom is 0.181 e. The Bertz CT molecular complexity index is 1120. The van der Waals surface area contributed by atoms with Crippen molar-refractivity contribution in [2.45, 2.75) is 33.4 Å². The Morgan fingerprint density at radius 1 is 1.18 bits per heavy atom. The topological polar surface area (TPSA) is 102 Å². The van der Waals surface area contributed by atoms with Gasteiger partial charge in [0.1, 0.15) is 17.1 Å². The highest BCUT2D eigenvalue weighted by molar-refractivity contribution is 5.92. The molecule has 0 bridgehead atoms. The Labute approximate surface area is 162 Å². The van der Waals surface area contributed by atoms with Crippen LogP contribution in [0.4, 0.5) is 0 Å². The van der Waals surface area contributed by atoms with Crippen molar-refractivity contribution in [3.8, 4) is 28.7 Å². The average molecular weight is 378 g/mol. The third-order valence-corrected chi connectivity index (χ3v) is 4.33. The van der Waals surface area contributed by atoms with Crippen molar-refractivity contribution in [3.05, 3.63) is 42.2 Å². The zero-order chi connectivity index (χ0) is 19.7. The fourth-order valence-electron chi connectivity index (χ4n) is 3.08. The van der Waals surface area contributed by atoms with E-state index in [2.05, 4.69) is 25.3 Å². The number of aryl methyl sites for hydroxylation is 1. The van der Waals surface area contributed by atoms with Gasteiger partial charge in [-0.2, -0.15) is 10.2 Å². The number of fused-ring (bicyclic) bond motifs is 1. The number of ether oxygens (including phenoxy) is 1. The molecule has 0 spiro atoms. The molecular weight excluding hydrogens is 356 g/mol. The second-order valence-electron chi connectivity index (χ2n) is 6.83. The lowest BCUT2D eigenvalue weighted by molar-refractivity contribution is 0.243. The minimum Gasteiger partial charge on any atom is -0.491 e. The van der Waals surface area contributed by atoms with E-state index in [0.717, 1.165) is 28.0 Å². The van der Waals surface area contributed by atoms with E-state index in [0.29, 0.717) is 23.8 Å². The van der Waals surface area contributed by atoms with Gasteiger partial charge < -0.3 is 9.84 Å². The van der Waals surface area contributed by atoms with Crippen LogP contribution < -0.4 is 4.74 Å². The molecule has 0 atom stereocenters. The molecule has 4 aromatic rings. The van der Waals surface area contributed by atoms with Crippen LogP contribution in [0, 0.1) is 6.92 Å². The normalized spacial score (nSPS) is 11.5. The minimum atomic E-state index is 0.0387. The highest BCUT2D eigenvalue weighted by atomic mass is 16.5. The van der Waals surface area contributed by atoms with Gasteiger partial charge in [0.05, 0.1) is 30.5 Å². The van der Waals surface area contributed by atoms with Crippen LogP contribution in [0.2, 0.25) is 0 Å². The maximum atomic E-state index is 9.16. The Morgan fingerprint density at radius 2 is 2.04 bits per heavy atom. The number of benzene rings is 1. The second-order valence-corrected chi connectivity index (χ2v) is 6.83. The van der Waals surface area contributed by atoms with E-state index >= 15 is 0 Å². The minimum absolute atomic E-state index is 0.0387. The van der Waals surface area contributed by atoms with Crippen LogP contribution in [-0.2, 0) is 6.54 Å². The van der Waals surface area contributed by atoms with Crippen molar-refractivity contribution in [1.82, 2.24) is 29.9 Å². The van der Waals surface area contributed by atoms with E-state index in [1.165, 1.54) is 0 Å². The first-order chi connectivity index (χ1) is 13.5. The number of nitrogens with zero attached hydrogens (tertiary/aromatic N) is 5. The highest BCUT2D eigenvalue weighted by Crippen LogP contribution is 2.29. The van der Waals surface area contributed by atoms with Gasteiger partial charge >= 0.3 is 0 Å². The van der Waals surface area contributed by atoms with E-state index in [-0.39, 0.29) is 12.7 Å². The zero-order valence-corrected chi connectivity index (χ0v) is 16.0. The molecule has 2 N–H and O–H groups in total. The van der Waals surface area contributed by atoms with Gasteiger partial charge in [-0.3, -0.25) is 9.78 Å². The molecule has 0 amide bonds. The summed E-state index contributed by atoms with van der Waals surface area (Å²) in [6.07, 6.45) is 1.79. The zero-order valence-electron chi connectivity index (χ0n) is 16.0. The summed E-state index contributed by atoms with van der Waals surface area (Å²) in [7, 11) is 0. The SMILES string of the molecule is Cc1cc(-c2ccnc(-c3n[nH]c4ccc(OC(C)C)cc34)n2)nn1CCO. The number of aliphatic hydroxyl groups is 1. The van der Waals surface area contributed by atoms with E-state index in [9.17, 15) is 0 Å². The van der Waals surface area contributed by atoms with Gasteiger partial charge in [-0.15, -0.1) is 0 Å². The smallest absolute Gasteiger partial charge is 0.181 e. The van der Waals surface area contributed by atoms with E-state index < -0.39 is 0 Å². The van der Waals surface area contributed by atoms with Gasteiger partial charge in [0.25, 0.3) is 0 Å². The third kappa shape index (κ3) is 3.46. The summed E-state index contributed by atoms with van der Waals surface area (Å²) in [6, 6.07) is 9.56. The largest absolute Gasteiger partial charge is 0.491 e. The van der Waals surface area contributed by atoms with Gasteiger partial charge in [-0.25, -0.2) is 9.97 Å². The summed E-state index contributed by atoms with van der Waals surface area (Å²) in [5, 5.41) is 22.0. The first kappa shape index (κ1) is 18.1. The summed E-state index contributed by atoms with van der Waals surface area (Å²) in [4.78, 5) is 9.07. The van der Waals surface area contributed by atoms with Crippen LogP contribution in [-0.4, -0.2) is 47.8 Å². The molecule has 0 aliphatic rings. The van der Waals surface area contributed by atoms with Gasteiger partial charge in [0, 0.05) is 17.3 Å². The van der Waals surface area contributed by atoms with E-state index in [1.807, 2.05) is 51.1 Å². The van der Waals surface area contributed by atoms with E-state index in [1.54, 1.807) is 10.9 Å². The number of aromatic nitrogens is 6. The molecule has 0 unspecified atom stereocenters. The van der Waals surface area contributed by atoms with Crippen molar-refractivity contribution >= 4 is 10.9 Å². The summed E-state index contributed by atoms with van der Waals surface area (Å²) in [5.74, 6) is 1.29. The quantitative estimate of drug-likeness (QED) is 0.535. The number of aromatic amines is 1. The monoisotopic (exact) mass is 378 g/mol. The number of hydrogen-bond acceptors (Lipinski definition) is 6. The van der Waals surface area contributed by atoms with Crippen LogP contribution in [0.3, 0.4) is 0 Å². The first-order valence-electron chi connectivity index (χ1n) is 9.19. The number of hydrogen-bond donors (Lipinski definition) is 2.